The summed E-state index contributed by atoms with van der Waals surface area (Å²) < 4.78 is 4.25. The van der Waals surface area contributed by atoms with Gasteiger partial charge in [0.2, 0.25) is 0 Å². The van der Waals surface area contributed by atoms with E-state index in [0.29, 0.717) is 11.9 Å². The Labute approximate surface area is 126 Å². The highest BCUT2D eigenvalue weighted by Gasteiger charge is 2.21. The minimum atomic E-state index is 0.415. The summed E-state index contributed by atoms with van der Waals surface area (Å²) in [5.74, 6) is 1.42. The fourth-order valence-electron chi connectivity index (χ4n) is 2.84. The summed E-state index contributed by atoms with van der Waals surface area (Å²) in [7, 11) is 2.00. The topological polar surface area (TPSA) is 35.6 Å². The van der Waals surface area contributed by atoms with Crippen molar-refractivity contribution >= 4 is 22.8 Å². The van der Waals surface area contributed by atoms with Crippen molar-refractivity contribution in [1.29, 1.82) is 0 Å². The van der Waals surface area contributed by atoms with Crippen LogP contribution >= 0.6 is 11.6 Å². The van der Waals surface area contributed by atoms with Crippen molar-refractivity contribution in [2.75, 3.05) is 0 Å². The maximum Gasteiger partial charge on any atom is 0.158 e. The average molecular weight is 297 g/mol. The molecule has 2 aromatic heterocycles. The predicted octanol–water partition coefficient (Wildman–Crippen LogP) is 4.21. The molecule has 0 radical (unpaired) electrons. The van der Waals surface area contributed by atoms with Crippen LogP contribution in [0.25, 0.3) is 11.2 Å². The second kappa shape index (κ2) is 6.61. The van der Waals surface area contributed by atoms with Crippen LogP contribution in [0, 0.1) is 0 Å². The second-order valence-electron chi connectivity index (χ2n) is 5.52. The van der Waals surface area contributed by atoms with Crippen molar-refractivity contribution in [2.24, 2.45) is 7.05 Å². The first-order valence-corrected chi connectivity index (χ1v) is 8.16. The molecule has 1 unspecified atom stereocenters. The SMILES string of the molecule is CCCCC(C)n1c(CCl)nc2c(CCC)nn(C)c21. The van der Waals surface area contributed by atoms with Gasteiger partial charge < -0.3 is 4.57 Å². The Bertz CT molecular complexity index is 570. The van der Waals surface area contributed by atoms with E-state index in [2.05, 4.69) is 30.4 Å². The third-order valence-corrected chi connectivity index (χ3v) is 4.07. The zero-order valence-corrected chi connectivity index (χ0v) is 13.7. The monoisotopic (exact) mass is 296 g/mol. The summed E-state index contributed by atoms with van der Waals surface area (Å²) in [6.07, 6.45) is 5.65. The molecular formula is C15H25ClN4. The summed E-state index contributed by atoms with van der Waals surface area (Å²) in [5, 5.41) is 4.63. The van der Waals surface area contributed by atoms with Crippen LogP contribution < -0.4 is 0 Å². The highest BCUT2D eigenvalue weighted by molar-refractivity contribution is 6.16. The smallest absolute Gasteiger partial charge is 0.158 e. The van der Waals surface area contributed by atoms with Crippen LogP contribution in [0.5, 0.6) is 0 Å². The van der Waals surface area contributed by atoms with Crippen molar-refractivity contribution in [3.05, 3.63) is 11.5 Å². The van der Waals surface area contributed by atoms with Crippen molar-refractivity contribution in [3.8, 4) is 0 Å². The lowest BCUT2D eigenvalue weighted by molar-refractivity contribution is 0.477. The van der Waals surface area contributed by atoms with Gasteiger partial charge in [-0.2, -0.15) is 5.10 Å². The number of hydrogen-bond donors (Lipinski definition) is 0. The second-order valence-corrected chi connectivity index (χ2v) is 5.78. The molecule has 0 aliphatic carbocycles. The van der Waals surface area contributed by atoms with Gasteiger partial charge in [-0.15, -0.1) is 11.6 Å². The summed E-state index contributed by atoms with van der Waals surface area (Å²) in [5.41, 5.74) is 3.25. The molecule has 5 heteroatoms. The quantitative estimate of drug-likeness (QED) is 0.717. The van der Waals surface area contributed by atoms with Gasteiger partial charge in [0.25, 0.3) is 0 Å². The Morgan fingerprint density at radius 1 is 1.25 bits per heavy atom. The van der Waals surface area contributed by atoms with Gasteiger partial charge in [0, 0.05) is 13.1 Å². The number of alkyl halides is 1. The molecule has 1 atom stereocenters. The van der Waals surface area contributed by atoms with Gasteiger partial charge in [-0.25, -0.2) is 4.98 Å². The highest BCUT2D eigenvalue weighted by atomic mass is 35.5. The van der Waals surface area contributed by atoms with E-state index in [1.165, 1.54) is 12.8 Å². The van der Waals surface area contributed by atoms with Gasteiger partial charge in [-0.05, 0) is 19.8 Å². The van der Waals surface area contributed by atoms with Crippen molar-refractivity contribution in [3.63, 3.8) is 0 Å². The standard InChI is InChI=1S/C15H25ClN4/c1-5-7-9-11(3)20-13(10-16)17-14-12(8-6-2)18-19(4)15(14)20/h11H,5-10H2,1-4H3. The third-order valence-electron chi connectivity index (χ3n) is 3.83. The molecule has 20 heavy (non-hydrogen) atoms. The van der Waals surface area contributed by atoms with E-state index in [9.17, 15) is 0 Å². The first kappa shape index (κ1) is 15.4. The Kier molecular flexibility index (Phi) is 5.08. The van der Waals surface area contributed by atoms with Gasteiger partial charge in [0.15, 0.2) is 5.65 Å². The van der Waals surface area contributed by atoms with E-state index in [1.54, 1.807) is 0 Å². The maximum atomic E-state index is 6.11. The van der Waals surface area contributed by atoms with E-state index in [1.807, 2.05) is 11.7 Å². The van der Waals surface area contributed by atoms with Crippen LogP contribution in [0.3, 0.4) is 0 Å². The summed E-state index contributed by atoms with van der Waals surface area (Å²) in [4.78, 5) is 4.75. The maximum absolute atomic E-state index is 6.11. The number of fused-ring (bicyclic) bond motifs is 1. The number of halogens is 1. The Morgan fingerprint density at radius 3 is 2.60 bits per heavy atom. The van der Waals surface area contributed by atoms with Crippen molar-refractivity contribution in [1.82, 2.24) is 19.3 Å². The molecule has 0 amide bonds. The number of hydrogen-bond acceptors (Lipinski definition) is 2. The van der Waals surface area contributed by atoms with Crippen LogP contribution in [0.4, 0.5) is 0 Å². The molecule has 2 heterocycles. The summed E-state index contributed by atoms with van der Waals surface area (Å²) >= 11 is 6.11. The Hall–Kier alpha value is -1.03. The van der Waals surface area contributed by atoms with Crippen LogP contribution in [0.15, 0.2) is 0 Å². The highest BCUT2D eigenvalue weighted by Crippen LogP contribution is 2.27. The molecule has 0 aromatic carbocycles. The van der Waals surface area contributed by atoms with Crippen LogP contribution in [0.2, 0.25) is 0 Å². The van der Waals surface area contributed by atoms with Gasteiger partial charge in [0.1, 0.15) is 11.3 Å². The summed E-state index contributed by atoms with van der Waals surface area (Å²) in [6.45, 7) is 6.64. The molecule has 0 aliphatic rings. The Balaban J connectivity index is 2.50. The molecule has 0 N–H and O–H groups in total. The number of unbranched alkanes of at least 4 members (excludes halogenated alkanes) is 1. The normalized spacial score (nSPS) is 13.2. The molecule has 0 bridgehead atoms. The molecule has 0 saturated carbocycles. The zero-order valence-electron chi connectivity index (χ0n) is 13.0. The van der Waals surface area contributed by atoms with Crippen LogP contribution in [-0.4, -0.2) is 19.3 Å². The van der Waals surface area contributed by atoms with Crippen LogP contribution in [-0.2, 0) is 19.3 Å². The minimum absolute atomic E-state index is 0.415. The van der Waals surface area contributed by atoms with Crippen molar-refractivity contribution < 1.29 is 0 Å². The van der Waals surface area contributed by atoms with Crippen LogP contribution in [0.1, 0.15) is 64.0 Å². The molecule has 4 nitrogen and oxygen atoms in total. The van der Waals surface area contributed by atoms with Crippen molar-refractivity contribution in [2.45, 2.75) is 64.8 Å². The fraction of sp³-hybridized carbons (Fsp3) is 0.733. The third kappa shape index (κ3) is 2.71. The lowest BCUT2D eigenvalue weighted by Gasteiger charge is -2.16. The Morgan fingerprint density at radius 2 is 2.00 bits per heavy atom. The largest absolute Gasteiger partial charge is 0.309 e. The molecule has 2 aromatic rings. The van der Waals surface area contributed by atoms with E-state index >= 15 is 0 Å². The summed E-state index contributed by atoms with van der Waals surface area (Å²) in [6, 6.07) is 0.415. The fourth-order valence-corrected chi connectivity index (χ4v) is 3.03. The minimum Gasteiger partial charge on any atom is -0.309 e. The molecule has 0 saturated heterocycles. The van der Waals surface area contributed by atoms with Gasteiger partial charge >= 0.3 is 0 Å². The van der Waals surface area contributed by atoms with Gasteiger partial charge in [-0.1, -0.05) is 33.1 Å². The first-order valence-electron chi connectivity index (χ1n) is 7.62. The van der Waals surface area contributed by atoms with E-state index in [0.717, 1.165) is 41.9 Å². The lowest BCUT2D eigenvalue weighted by atomic mass is 10.1. The number of aromatic nitrogens is 4. The molecule has 112 valence electrons. The van der Waals surface area contributed by atoms with E-state index in [-0.39, 0.29) is 0 Å². The van der Waals surface area contributed by atoms with E-state index in [4.69, 9.17) is 16.6 Å². The number of aryl methyl sites for hydroxylation is 2. The average Bonchev–Trinajstić information content (AvgIpc) is 2.95. The molecule has 0 fully saturated rings. The zero-order chi connectivity index (χ0) is 14.7. The van der Waals surface area contributed by atoms with E-state index < -0.39 is 0 Å². The van der Waals surface area contributed by atoms with Gasteiger partial charge in [-0.3, -0.25) is 4.68 Å². The lowest BCUT2D eigenvalue weighted by Crippen LogP contribution is -2.11. The molecule has 2 rings (SSSR count). The molecule has 0 spiro atoms. The predicted molar refractivity (Wildman–Crippen MR) is 84.3 cm³/mol. The van der Waals surface area contributed by atoms with Gasteiger partial charge in [0.05, 0.1) is 11.6 Å². The number of nitrogens with zero attached hydrogens (tertiary/aromatic N) is 4. The number of rotatable bonds is 7. The molecule has 0 aliphatic heterocycles. The first-order chi connectivity index (χ1) is 9.63. The number of imidazole rings is 1. The molecular weight excluding hydrogens is 272 g/mol.